The van der Waals surface area contributed by atoms with Crippen LogP contribution in [0.5, 0.6) is 0 Å². The van der Waals surface area contributed by atoms with Gasteiger partial charge in [0.1, 0.15) is 5.60 Å². The maximum atomic E-state index is 12.0. The number of nitrogens with zero attached hydrogens (tertiary/aromatic N) is 2. The highest BCUT2D eigenvalue weighted by Crippen LogP contribution is 2.12. The summed E-state index contributed by atoms with van der Waals surface area (Å²) in [6, 6.07) is 0. The van der Waals surface area contributed by atoms with Crippen LogP contribution in [0.25, 0.3) is 0 Å². The number of hydrazine groups is 1. The van der Waals surface area contributed by atoms with Gasteiger partial charge in [-0.2, -0.15) is 0 Å². The third-order valence-electron chi connectivity index (χ3n) is 2.61. The molecule has 0 heterocycles. The molecule has 0 saturated carbocycles. The number of ether oxygens (including phenoxy) is 1. The number of carbonyl (C=O) groups excluding carboxylic acids is 1. The molecule has 0 rings (SSSR count). The van der Waals surface area contributed by atoms with Crippen molar-refractivity contribution in [3.63, 3.8) is 0 Å². The maximum Gasteiger partial charge on any atom is 0.475 e. The summed E-state index contributed by atoms with van der Waals surface area (Å²) in [6.45, 7) is 7.72. The van der Waals surface area contributed by atoms with E-state index in [0.29, 0.717) is 13.1 Å². The predicted octanol–water partition coefficient (Wildman–Crippen LogP) is -0.310. The van der Waals surface area contributed by atoms with Crippen molar-refractivity contribution in [2.45, 2.75) is 39.2 Å². The lowest BCUT2D eigenvalue weighted by Gasteiger charge is -2.32. The van der Waals surface area contributed by atoms with E-state index in [4.69, 9.17) is 4.74 Å². The van der Waals surface area contributed by atoms with Crippen molar-refractivity contribution >= 4 is 13.2 Å². The molecule has 0 aromatic heterocycles. The monoisotopic (exact) mass is 275 g/mol. The summed E-state index contributed by atoms with van der Waals surface area (Å²) >= 11 is 0. The van der Waals surface area contributed by atoms with Crippen molar-refractivity contribution in [1.82, 2.24) is 15.3 Å². The minimum absolute atomic E-state index is 0.324. The van der Waals surface area contributed by atoms with E-state index >= 15 is 0 Å². The quantitative estimate of drug-likeness (QED) is 0.455. The smallest absolute Gasteiger partial charge is 0.444 e. The number of likely N-dealkylation sites (N-methyl/N-ethyl adjacent to an activating group) is 1. The van der Waals surface area contributed by atoms with Gasteiger partial charge in [-0.1, -0.05) is 0 Å². The van der Waals surface area contributed by atoms with Crippen LogP contribution in [0.4, 0.5) is 4.79 Å². The Hall–Kier alpha value is -0.825. The van der Waals surface area contributed by atoms with Gasteiger partial charge >= 0.3 is 13.2 Å². The summed E-state index contributed by atoms with van der Waals surface area (Å²) in [5.74, 6) is -0.736. The van der Waals surface area contributed by atoms with Crippen molar-refractivity contribution in [2.24, 2.45) is 0 Å². The van der Waals surface area contributed by atoms with E-state index in [1.54, 1.807) is 39.8 Å². The van der Waals surface area contributed by atoms with E-state index in [-0.39, 0.29) is 0 Å². The molecule has 112 valence electrons. The predicted molar refractivity (Wildman–Crippen MR) is 74.3 cm³/mol. The van der Waals surface area contributed by atoms with Gasteiger partial charge < -0.3 is 19.7 Å². The number of amides is 1. The average Bonchev–Trinajstić information content (AvgIpc) is 2.25. The van der Waals surface area contributed by atoms with E-state index in [2.05, 4.69) is 5.43 Å². The summed E-state index contributed by atoms with van der Waals surface area (Å²) in [6.07, 6.45) is -0.558. The molecule has 19 heavy (non-hydrogen) atoms. The Labute approximate surface area is 115 Å². The molecule has 0 radical (unpaired) electrons. The zero-order chi connectivity index (χ0) is 15.2. The molecule has 8 heteroatoms. The third-order valence-corrected chi connectivity index (χ3v) is 2.61. The average molecular weight is 275 g/mol. The second kappa shape index (κ2) is 7.69. The van der Waals surface area contributed by atoms with Gasteiger partial charge in [0.25, 0.3) is 0 Å². The first-order valence-corrected chi connectivity index (χ1v) is 6.32. The first-order chi connectivity index (χ1) is 8.58. The van der Waals surface area contributed by atoms with Gasteiger partial charge in [0, 0.05) is 20.1 Å². The molecule has 1 atom stereocenters. The molecule has 0 aliphatic carbocycles. The van der Waals surface area contributed by atoms with Crippen LogP contribution in [-0.4, -0.2) is 71.9 Å². The van der Waals surface area contributed by atoms with Gasteiger partial charge in [-0.05, 0) is 34.7 Å². The van der Waals surface area contributed by atoms with E-state index in [1.165, 1.54) is 4.90 Å². The maximum absolute atomic E-state index is 12.0. The topological polar surface area (TPSA) is 85.3 Å². The van der Waals surface area contributed by atoms with Crippen molar-refractivity contribution in [1.29, 1.82) is 0 Å². The van der Waals surface area contributed by atoms with Crippen molar-refractivity contribution in [3.05, 3.63) is 0 Å². The lowest BCUT2D eigenvalue weighted by atomic mass is 9.80. The number of hydrogen-bond acceptors (Lipinski definition) is 6. The molecule has 7 nitrogen and oxygen atoms in total. The van der Waals surface area contributed by atoms with Crippen LogP contribution in [0, 0.1) is 0 Å². The normalized spacial score (nSPS) is 13.3. The molecular formula is C11H26BN3O4. The molecule has 0 fully saturated rings. The lowest BCUT2D eigenvalue weighted by Crippen LogP contribution is -2.52. The zero-order valence-corrected chi connectivity index (χ0v) is 12.7. The molecule has 0 saturated heterocycles. The fourth-order valence-electron chi connectivity index (χ4n) is 1.31. The molecule has 1 amide bonds. The number of rotatable bonds is 6. The van der Waals surface area contributed by atoms with Gasteiger partial charge in [-0.3, -0.25) is 5.43 Å². The Morgan fingerprint density at radius 1 is 1.37 bits per heavy atom. The summed E-state index contributed by atoms with van der Waals surface area (Å²) < 4.78 is 5.26. The van der Waals surface area contributed by atoms with E-state index in [0.717, 1.165) is 0 Å². The summed E-state index contributed by atoms with van der Waals surface area (Å²) in [5.41, 5.74) is 2.28. The standard InChI is InChI=1S/C11H26BN3O4/c1-9(12(17)18)15(8-7-14(6)13-5)10(16)19-11(2,3)4/h9,13,17-18H,7-8H2,1-6H3. The molecule has 0 aliphatic rings. The second-order valence-electron chi connectivity index (χ2n) is 5.47. The largest absolute Gasteiger partial charge is 0.475 e. The molecule has 0 aromatic carbocycles. The number of nitrogens with one attached hydrogen (secondary N) is 1. The van der Waals surface area contributed by atoms with Gasteiger partial charge in [0.2, 0.25) is 0 Å². The SMILES string of the molecule is CNN(C)CCN(C(=O)OC(C)(C)C)C(C)B(O)O. The molecule has 1 unspecified atom stereocenters. The van der Waals surface area contributed by atoms with Gasteiger partial charge in [0.05, 0.1) is 5.94 Å². The Morgan fingerprint density at radius 2 is 1.89 bits per heavy atom. The molecular weight excluding hydrogens is 249 g/mol. The van der Waals surface area contributed by atoms with Crippen LogP contribution in [0.1, 0.15) is 27.7 Å². The van der Waals surface area contributed by atoms with Crippen LogP contribution in [-0.2, 0) is 4.74 Å². The Morgan fingerprint density at radius 3 is 2.26 bits per heavy atom. The molecule has 0 aliphatic heterocycles. The van der Waals surface area contributed by atoms with Crippen molar-refractivity contribution in [3.8, 4) is 0 Å². The summed E-state index contributed by atoms with van der Waals surface area (Å²) in [4.78, 5) is 13.4. The van der Waals surface area contributed by atoms with Crippen LogP contribution in [0.15, 0.2) is 0 Å². The van der Waals surface area contributed by atoms with Gasteiger partial charge in [-0.25, -0.2) is 9.80 Å². The Bertz CT molecular complexity index is 284. The van der Waals surface area contributed by atoms with Crippen LogP contribution in [0.2, 0.25) is 0 Å². The first-order valence-electron chi connectivity index (χ1n) is 6.32. The van der Waals surface area contributed by atoms with Crippen molar-refractivity contribution in [2.75, 3.05) is 27.2 Å². The summed E-state index contributed by atoms with van der Waals surface area (Å²) in [7, 11) is 1.99. The third kappa shape index (κ3) is 7.36. The molecule has 0 aromatic rings. The highest BCUT2D eigenvalue weighted by Gasteiger charge is 2.32. The minimum Gasteiger partial charge on any atom is -0.444 e. The van der Waals surface area contributed by atoms with Gasteiger partial charge in [0.15, 0.2) is 0 Å². The van der Waals surface area contributed by atoms with Crippen LogP contribution >= 0.6 is 0 Å². The lowest BCUT2D eigenvalue weighted by molar-refractivity contribution is 0.0186. The van der Waals surface area contributed by atoms with Gasteiger partial charge in [-0.15, -0.1) is 0 Å². The minimum atomic E-state index is -1.60. The first kappa shape index (κ1) is 18.2. The highest BCUT2D eigenvalue weighted by molar-refractivity contribution is 6.43. The number of hydrogen-bond donors (Lipinski definition) is 3. The fraction of sp³-hybridized carbons (Fsp3) is 0.909. The van der Waals surface area contributed by atoms with E-state index in [1.807, 2.05) is 7.05 Å². The van der Waals surface area contributed by atoms with Crippen molar-refractivity contribution < 1.29 is 19.6 Å². The molecule has 0 spiro atoms. The molecule has 0 bridgehead atoms. The Kier molecular flexibility index (Phi) is 7.35. The second-order valence-corrected chi connectivity index (χ2v) is 5.47. The van der Waals surface area contributed by atoms with E-state index < -0.39 is 24.8 Å². The summed E-state index contributed by atoms with van der Waals surface area (Å²) in [5, 5.41) is 20.3. The van der Waals surface area contributed by atoms with Crippen LogP contribution < -0.4 is 5.43 Å². The van der Waals surface area contributed by atoms with Crippen LogP contribution in [0.3, 0.4) is 0 Å². The van der Waals surface area contributed by atoms with E-state index in [9.17, 15) is 14.8 Å². The molecule has 3 N–H and O–H groups in total. The number of carbonyl (C=O) groups is 1. The zero-order valence-electron chi connectivity index (χ0n) is 12.7. The highest BCUT2D eigenvalue weighted by atomic mass is 16.6. The fourth-order valence-corrected chi connectivity index (χ4v) is 1.31. The Balaban J connectivity index is 4.71.